The van der Waals surface area contributed by atoms with Crippen LogP contribution in [0.5, 0.6) is 0 Å². The summed E-state index contributed by atoms with van der Waals surface area (Å²) in [4.78, 5) is 53.2. The Bertz CT molecular complexity index is 1550. The molecule has 3 aromatic heterocycles. The number of nitrogen functional groups attached to an aromatic ring is 1. The molecule has 0 radical (unpaired) electrons. The Hall–Kier alpha value is -4.09. The van der Waals surface area contributed by atoms with Crippen LogP contribution in [0.25, 0.3) is 11.2 Å². The Balaban J connectivity index is 1.35. The van der Waals surface area contributed by atoms with E-state index in [4.69, 9.17) is 10.6 Å². The molecule has 5 rings (SSSR count). The number of carboxylic acid groups (broad SMARTS) is 1. The van der Waals surface area contributed by atoms with Gasteiger partial charge in [-0.05, 0) is 44.1 Å². The van der Waals surface area contributed by atoms with Gasteiger partial charge in [-0.2, -0.15) is 9.36 Å². The fourth-order valence-corrected chi connectivity index (χ4v) is 6.44. The summed E-state index contributed by atoms with van der Waals surface area (Å²) >= 11 is 2.23. The Morgan fingerprint density at radius 3 is 2.93 bits per heavy atom. The van der Waals surface area contributed by atoms with Gasteiger partial charge in [0, 0.05) is 29.4 Å². The van der Waals surface area contributed by atoms with E-state index in [-0.39, 0.29) is 35.5 Å². The molecule has 5 heterocycles. The van der Waals surface area contributed by atoms with Gasteiger partial charge >= 0.3 is 5.65 Å². The molecule has 2 unspecified atom stereocenters. The van der Waals surface area contributed by atoms with Crippen molar-refractivity contribution in [3.05, 3.63) is 41.8 Å². The number of β-lactam (4-membered cyclic amide) rings is 1. The number of carboxylic acids is 1. The maximum atomic E-state index is 13.2. The van der Waals surface area contributed by atoms with Crippen LogP contribution in [-0.2, 0) is 32.3 Å². The number of nitrogens with two attached hydrogens (primary N) is 1. The SMILES string of the molecule is CCO/N=C(\C(=O)NC1C(=O)N2C(C(=O)[O-])=C(C[n+]3cccc4c3ncn4CCCNC)CSC12)c1nsc(N)n1. The first-order valence-corrected chi connectivity index (χ1v) is 14.6. The molecule has 0 bridgehead atoms. The summed E-state index contributed by atoms with van der Waals surface area (Å²) in [5.74, 6) is -2.51. The third kappa shape index (κ3) is 5.59. The van der Waals surface area contributed by atoms with Gasteiger partial charge in [-0.3, -0.25) is 14.5 Å². The molecular formula is C24H28N10O5S2. The van der Waals surface area contributed by atoms with Gasteiger partial charge in [-0.25, -0.2) is 4.57 Å². The van der Waals surface area contributed by atoms with Crippen molar-refractivity contribution in [3.63, 3.8) is 0 Å². The number of fused-ring (bicyclic) bond motifs is 2. The zero-order valence-corrected chi connectivity index (χ0v) is 23.9. The van der Waals surface area contributed by atoms with Crippen LogP contribution in [0.4, 0.5) is 5.13 Å². The minimum Gasteiger partial charge on any atom is -0.543 e. The fraction of sp³-hybridized carbons (Fsp3) is 0.417. The molecule has 3 aromatic rings. The van der Waals surface area contributed by atoms with Gasteiger partial charge in [-0.15, -0.1) is 11.8 Å². The number of hydrogen-bond donors (Lipinski definition) is 3. The van der Waals surface area contributed by atoms with E-state index in [2.05, 4.69) is 30.1 Å². The number of amides is 2. The highest BCUT2D eigenvalue weighted by Crippen LogP contribution is 2.40. The van der Waals surface area contributed by atoms with E-state index in [1.807, 2.05) is 34.5 Å². The smallest absolute Gasteiger partial charge is 0.349 e. The number of imidazole rings is 1. The lowest BCUT2D eigenvalue weighted by Gasteiger charge is -2.50. The molecule has 2 aliphatic heterocycles. The number of rotatable bonds is 12. The normalized spacial score (nSPS) is 18.8. The first-order chi connectivity index (χ1) is 19.8. The molecule has 0 aromatic carbocycles. The van der Waals surface area contributed by atoms with Crippen molar-refractivity contribution in [1.82, 2.24) is 34.4 Å². The van der Waals surface area contributed by atoms with Crippen molar-refractivity contribution in [2.45, 2.75) is 37.8 Å². The van der Waals surface area contributed by atoms with Gasteiger partial charge in [0.25, 0.3) is 11.8 Å². The van der Waals surface area contributed by atoms with Crippen LogP contribution < -0.4 is 26.0 Å². The number of pyridine rings is 1. The highest BCUT2D eigenvalue weighted by Gasteiger charge is 2.53. The van der Waals surface area contributed by atoms with Crippen LogP contribution in [-0.4, -0.2) is 84.7 Å². The van der Waals surface area contributed by atoms with Gasteiger partial charge < -0.3 is 35.7 Å². The topological polar surface area (TPSA) is 197 Å². The molecule has 216 valence electrons. The van der Waals surface area contributed by atoms with Crippen molar-refractivity contribution in [2.24, 2.45) is 5.16 Å². The number of aryl methyl sites for hydroxylation is 1. The van der Waals surface area contributed by atoms with Crippen LogP contribution in [0.2, 0.25) is 0 Å². The van der Waals surface area contributed by atoms with Crippen LogP contribution in [0.3, 0.4) is 0 Å². The molecule has 17 heteroatoms. The van der Waals surface area contributed by atoms with Crippen molar-refractivity contribution >= 4 is 63.1 Å². The molecule has 4 N–H and O–H groups in total. The third-order valence-electron chi connectivity index (χ3n) is 6.52. The van der Waals surface area contributed by atoms with E-state index in [1.54, 1.807) is 13.3 Å². The minimum atomic E-state index is -1.46. The lowest BCUT2D eigenvalue weighted by atomic mass is 10.0. The Morgan fingerprint density at radius 1 is 1.39 bits per heavy atom. The summed E-state index contributed by atoms with van der Waals surface area (Å²) in [6.07, 6.45) is 4.52. The van der Waals surface area contributed by atoms with Gasteiger partial charge in [0.15, 0.2) is 5.13 Å². The number of nitrogens with zero attached hydrogens (tertiary/aromatic N) is 7. The second-order valence-electron chi connectivity index (χ2n) is 9.15. The van der Waals surface area contributed by atoms with E-state index >= 15 is 0 Å². The molecular weight excluding hydrogens is 572 g/mol. The fourth-order valence-electron chi connectivity index (χ4n) is 4.67. The summed E-state index contributed by atoms with van der Waals surface area (Å²) in [7, 11) is 1.90. The molecule has 0 saturated carbocycles. The average molecular weight is 601 g/mol. The molecule has 1 fully saturated rings. The number of nitrogens with one attached hydrogen (secondary N) is 2. The van der Waals surface area contributed by atoms with Crippen LogP contribution in [0.15, 0.2) is 41.1 Å². The molecule has 1 saturated heterocycles. The first kappa shape index (κ1) is 28.4. The average Bonchev–Trinajstić information content (AvgIpc) is 3.58. The summed E-state index contributed by atoms with van der Waals surface area (Å²) in [6, 6.07) is 2.85. The lowest BCUT2D eigenvalue weighted by molar-refractivity contribution is -0.664. The van der Waals surface area contributed by atoms with Gasteiger partial charge in [-0.1, -0.05) is 5.16 Å². The van der Waals surface area contributed by atoms with E-state index in [0.29, 0.717) is 17.0 Å². The van der Waals surface area contributed by atoms with E-state index in [0.717, 1.165) is 36.6 Å². The number of aromatic nitrogens is 5. The van der Waals surface area contributed by atoms with Gasteiger partial charge in [0.1, 0.15) is 30.1 Å². The number of carbonyl (C=O) groups excluding carboxylic acids is 3. The Kier molecular flexibility index (Phi) is 8.46. The molecule has 15 nitrogen and oxygen atoms in total. The van der Waals surface area contributed by atoms with Crippen molar-refractivity contribution < 1.29 is 28.9 Å². The highest BCUT2D eigenvalue weighted by molar-refractivity contribution is 8.00. The molecule has 2 amide bonds. The number of hydrogen-bond acceptors (Lipinski definition) is 13. The zero-order chi connectivity index (χ0) is 29.1. The summed E-state index contributed by atoms with van der Waals surface area (Å²) in [5, 5.41) is 21.3. The maximum Gasteiger partial charge on any atom is 0.349 e. The van der Waals surface area contributed by atoms with E-state index in [1.165, 1.54) is 16.7 Å². The Morgan fingerprint density at radius 2 is 2.22 bits per heavy atom. The van der Waals surface area contributed by atoms with Crippen molar-refractivity contribution in [2.75, 3.05) is 31.7 Å². The Labute approximate surface area is 242 Å². The number of carbonyl (C=O) groups is 3. The predicted octanol–water partition coefficient (Wildman–Crippen LogP) is -1.79. The number of oxime groups is 1. The van der Waals surface area contributed by atoms with Gasteiger partial charge in [0.05, 0.1) is 17.9 Å². The second-order valence-corrected chi connectivity index (χ2v) is 11.0. The van der Waals surface area contributed by atoms with E-state index < -0.39 is 29.2 Å². The summed E-state index contributed by atoms with van der Waals surface area (Å²) < 4.78 is 7.90. The molecule has 0 aliphatic carbocycles. The molecule has 41 heavy (non-hydrogen) atoms. The minimum absolute atomic E-state index is 0.0355. The van der Waals surface area contributed by atoms with Crippen molar-refractivity contribution in [3.8, 4) is 0 Å². The second kappa shape index (κ2) is 12.2. The highest BCUT2D eigenvalue weighted by atomic mass is 32.2. The number of anilines is 1. The summed E-state index contributed by atoms with van der Waals surface area (Å²) in [5.41, 5.74) is 7.33. The number of thioether (sulfide) groups is 1. The monoisotopic (exact) mass is 600 g/mol. The van der Waals surface area contributed by atoms with Gasteiger partial charge in [0.2, 0.25) is 17.9 Å². The third-order valence-corrected chi connectivity index (χ3v) is 8.40. The lowest BCUT2D eigenvalue weighted by Crippen LogP contribution is -2.71. The first-order valence-electron chi connectivity index (χ1n) is 12.8. The van der Waals surface area contributed by atoms with Crippen molar-refractivity contribution in [1.29, 1.82) is 0 Å². The summed E-state index contributed by atoms with van der Waals surface area (Å²) in [6.45, 7) is 3.74. The van der Waals surface area contributed by atoms with Crippen LogP contribution >= 0.6 is 23.3 Å². The van der Waals surface area contributed by atoms with Crippen LogP contribution in [0.1, 0.15) is 19.2 Å². The largest absolute Gasteiger partial charge is 0.543 e. The predicted molar refractivity (Wildman–Crippen MR) is 148 cm³/mol. The van der Waals surface area contributed by atoms with Crippen LogP contribution in [0, 0.1) is 0 Å². The van der Waals surface area contributed by atoms with E-state index in [9.17, 15) is 19.5 Å². The molecule has 2 atom stereocenters. The quantitative estimate of drug-likeness (QED) is 0.0698. The molecule has 0 spiro atoms. The molecule has 2 aliphatic rings. The number of aliphatic carboxylic acids is 1. The zero-order valence-electron chi connectivity index (χ0n) is 22.3. The standard InChI is InChI=1S/C24H28N10O5S2/c1-3-39-30-15(18-29-24(25)41-31-18)20(35)28-16-21(36)34-17(23(37)38)13(11-40-22(16)34)10-32-8-4-6-14-19(32)27-12-33(14)9-5-7-26-2/h4,6,8,12,16,22,26H,3,5,7,9-11H2,1-2H3,(H3-,25,28,29,31,35,37,38)/b30-15-. The maximum absolute atomic E-state index is 13.2.